The first-order valence-corrected chi connectivity index (χ1v) is 7.65. The van der Waals surface area contributed by atoms with Crippen molar-refractivity contribution in [1.29, 1.82) is 0 Å². The monoisotopic (exact) mass is 324 g/mol. The summed E-state index contributed by atoms with van der Waals surface area (Å²) in [5.41, 5.74) is 6.42. The molecule has 1 atom stereocenters. The first-order chi connectivity index (χ1) is 10.7. The Labute approximate surface area is 135 Å². The number of halogens is 1. The number of benzene rings is 1. The number of hydrogen-bond acceptors (Lipinski definition) is 5. The van der Waals surface area contributed by atoms with Crippen molar-refractivity contribution < 1.29 is 14.7 Å². The van der Waals surface area contributed by atoms with Crippen LogP contribution in [0.25, 0.3) is 6.08 Å². The van der Waals surface area contributed by atoms with Gasteiger partial charge in [0, 0.05) is 19.6 Å². The van der Waals surface area contributed by atoms with Crippen molar-refractivity contribution in [1.82, 2.24) is 10.4 Å². The number of hydroxylamine groups is 1. The van der Waals surface area contributed by atoms with E-state index in [0.29, 0.717) is 19.8 Å². The zero-order valence-corrected chi connectivity index (χ0v) is 13.1. The van der Waals surface area contributed by atoms with Crippen molar-refractivity contribution in [3.8, 4) is 0 Å². The van der Waals surface area contributed by atoms with Crippen molar-refractivity contribution in [2.24, 2.45) is 0 Å². The molecule has 1 heterocycles. The maximum absolute atomic E-state index is 9.89. The molecule has 0 bridgehead atoms. The van der Waals surface area contributed by atoms with Gasteiger partial charge in [0.05, 0.1) is 19.3 Å². The van der Waals surface area contributed by atoms with Gasteiger partial charge < -0.3 is 9.84 Å². The predicted molar refractivity (Wildman–Crippen MR) is 86.1 cm³/mol. The molecule has 22 heavy (non-hydrogen) atoms. The number of β-amino-alcohol motifs (C(OH)–C–C–N with tert-alkyl or cyclic N) is 1. The van der Waals surface area contributed by atoms with Gasteiger partial charge in [-0.1, -0.05) is 47.7 Å². The third-order valence-electron chi connectivity index (χ3n) is 3.18. The molecule has 1 aliphatic heterocycles. The zero-order valence-electron chi connectivity index (χ0n) is 12.4. The van der Waals surface area contributed by atoms with Crippen LogP contribution in [0.3, 0.4) is 0 Å². The van der Waals surface area contributed by atoms with Gasteiger partial charge in [0.25, 0.3) is 0 Å². The third kappa shape index (κ3) is 6.62. The minimum absolute atomic E-state index is 0.153. The minimum Gasteiger partial charge on any atom is -0.389 e. The normalized spacial score (nSPS) is 16.6. The van der Waals surface area contributed by atoms with Crippen LogP contribution in [0.1, 0.15) is 5.56 Å². The van der Waals surface area contributed by atoms with Crippen molar-refractivity contribution in [3.63, 3.8) is 0 Å². The van der Waals surface area contributed by atoms with Crippen molar-refractivity contribution >= 4 is 17.7 Å². The number of morpholine rings is 1. The fourth-order valence-corrected chi connectivity index (χ4v) is 2.17. The Morgan fingerprint density at radius 1 is 1.41 bits per heavy atom. The van der Waals surface area contributed by atoms with Gasteiger partial charge >= 0.3 is 0 Å². The summed E-state index contributed by atoms with van der Waals surface area (Å²) in [6.07, 6.45) is 1.18. The quantitative estimate of drug-likeness (QED) is 0.453. The number of ether oxygens (including phenoxy) is 1. The average Bonchev–Trinajstić information content (AvgIpc) is 2.55. The predicted octanol–water partition coefficient (Wildman–Crippen LogP) is 1.59. The summed E-state index contributed by atoms with van der Waals surface area (Å²) in [5, 5.41) is 10.1. The molecular formula is C16H21ClN2O3. The standard InChI is InChI=1S/C16H21ClN2O3/c17-16(7-6-14-4-2-1-3-5-14)18-22-13-15(20)12-19-8-10-21-11-9-19/h1-6,15,18,20H,8-13H2. The van der Waals surface area contributed by atoms with Crippen molar-refractivity contribution in [2.75, 3.05) is 39.5 Å². The highest BCUT2D eigenvalue weighted by Crippen LogP contribution is 2.03. The van der Waals surface area contributed by atoms with E-state index in [2.05, 4.69) is 16.1 Å². The highest BCUT2D eigenvalue weighted by Gasteiger charge is 2.14. The summed E-state index contributed by atoms with van der Waals surface area (Å²) in [6, 6.07) is 9.72. The van der Waals surface area contributed by atoms with E-state index >= 15 is 0 Å². The van der Waals surface area contributed by atoms with E-state index in [1.165, 1.54) is 0 Å². The van der Waals surface area contributed by atoms with Gasteiger partial charge in [0.1, 0.15) is 6.61 Å². The first-order valence-electron chi connectivity index (χ1n) is 7.27. The maximum Gasteiger partial charge on any atom is 0.169 e. The second-order valence-corrected chi connectivity index (χ2v) is 5.37. The molecule has 2 N–H and O–H groups in total. The Bertz CT molecular complexity index is 497. The highest BCUT2D eigenvalue weighted by molar-refractivity contribution is 6.29. The summed E-state index contributed by atoms with van der Waals surface area (Å²) in [5.74, 6) is 0. The topological polar surface area (TPSA) is 54.0 Å². The molecule has 1 fully saturated rings. The maximum atomic E-state index is 9.89. The number of nitrogens with zero attached hydrogens (tertiary/aromatic N) is 1. The SMILES string of the molecule is OC(CONC(Cl)=C=Cc1ccccc1)CN1CCOCC1. The molecule has 1 aliphatic rings. The molecular weight excluding hydrogens is 304 g/mol. The van der Waals surface area contributed by atoms with E-state index < -0.39 is 6.10 Å². The number of aliphatic hydroxyl groups is 1. The van der Waals surface area contributed by atoms with Crippen LogP contribution in [0, 0.1) is 0 Å². The Morgan fingerprint density at radius 2 is 2.14 bits per heavy atom. The highest BCUT2D eigenvalue weighted by atomic mass is 35.5. The zero-order chi connectivity index (χ0) is 15.6. The molecule has 2 rings (SSSR count). The molecule has 5 nitrogen and oxygen atoms in total. The van der Waals surface area contributed by atoms with Crippen molar-refractivity contribution in [2.45, 2.75) is 6.10 Å². The lowest BCUT2D eigenvalue weighted by molar-refractivity contribution is -0.0327. The van der Waals surface area contributed by atoms with Crippen LogP contribution in [-0.2, 0) is 9.57 Å². The largest absolute Gasteiger partial charge is 0.389 e. The molecule has 1 unspecified atom stereocenters. The lowest BCUT2D eigenvalue weighted by Gasteiger charge is -2.28. The Hall–Kier alpha value is -1.33. The fourth-order valence-electron chi connectivity index (χ4n) is 2.06. The van der Waals surface area contributed by atoms with Crippen LogP contribution >= 0.6 is 11.6 Å². The summed E-state index contributed by atoms with van der Waals surface area (Å²) < 4.78 is 5.26. The van der Waals surface area contributed by atoms with E-state index in [1.807, 2.05) is 30.3 Å². The molecule has 120 valence electrons. The number of nitrogens with one attached hydrogen (secondary N) is 1. The van der Waals surface area contributed by atoms with Crippen LogP contribution in [0.2, 0.25) is 0 Å². The van der Waals surface area contributed by atoms with Gasteiger partial charge in [-0.05, 0) is 11.6 Å². The average molecular weight is 325 g/mol. The van der Waals surface area contributed by atoms with E-state index in [9.17, 15) is 5.11 Å². The second kappa shape index (κ2) is 9.64. The molecule has 0 aromatic heterocycles. The summed E-state index contributed by atoms with van der Waals surface area (Å²) in [6.45, 7) is 3.82. The van der Waals surface area contributed by atoms with Gasteiger partial charge in [0.15, 0.2) is 5.16 Å². The number of aliphatic hydroxyl groups excluding tert-OH is 1. The molecule has 0 amide bonds. The van der Waals surface area contributed by atoms with Crippen LogP contribution in [0.4, 0.5) is 0 Å². The van der Waals surface area contributed by atoms with Gasteiger partial charge in [-0.15, -0.1) is 0 Å². The molecule has 0 aliphatic carbocycles. The van der Waals surface area contributed by atoms with Gasteiger partial charge in [-0.25, -0.2) is 5.48 Å². The Kier molecular flexibility index (Phi) is 7.46. The lowest BCUT2D eigenvalue weighted by Crippen LogP contribution is -2.42. The summed E-state index contributed by atoms with van der Waals surface area (Å²) in [7, 11) is 0. The Morgan fingerprint density at radius 3 is 2.86 bits per heavy atom. The fraction of sp³-hybridized carbons (Fsp3) is 0.438. The van der Waals surface area contributed by atoms with Crippen molar-refractivity contribution in [3.05, 3.63) is 46.8 Å². The lowest BCUT2D eigenvalue weighted by atomic mass is 10.2. The number of rotatable bonds is 7. The van der Waals surface area contributed by atoms with Crippen LogP contribution in [-0.4, -0.2) is 55.6 Å². The van der Waals surface area contributed by atoms with Crippen LogP contribution in [0.5, 0.6) is 0 Å². The molecule has 1 aromatic carbocycles. The van der Waals surface area contributed by atoms with E-state index in [-0.39, 0.29) is 11.8 Å². The number of hydrogen-bond donors (Lipinski definition) is 2. The minimum atomic E-state index is -0.576. The smallest absolute Gasteiger partial charge is 0.169 e. The molecule has 0 saturated carbocycles. The second-order valence-electron chi connectivity index (χ2n) is 4.99. The molecule has 6 heteroatoms. The van der Waals surface area contributed by atoms with Gasteiger partial charge in [0.2, 0.25) is 0 Å². The molecule has 1 aromatic rings. The van der Waals surface area contributed by atoms with Crippen LogP contribution < -0.4 is 5.48 Å². The third-order valence-corrected chi connectivity index (χ3v) is 3.36. The van der Waals surface area contributed by atoms with Gasteiger partial charge in [-0.3, -0.25) is 9.74 Å². The summed E-state index contributed by atoms with van der Waals surface area (Å²) >= 11 is 5.94. The Balaban J connectivity index is 1.67. The molecule has 1 saturated heterocycles. The van der Waals surface area contributed by atoms with E-state index in [0.717, 1.165) is 18.7 Å². The molecule has 0 spiro atoms. The first kappa shape index (κ1) is 17.0. The van der Waals surface area contributed by atoms with E-state index in [4.69, 9.17) is 21.2 Å². The summed E-state index contributed by atoms with van der Waals surface area (Å²) in [4.78, 5) is 7.32. The van der Waals surface area contributed by atoms with E-state index in [1.54, 1.807) is 6.08 Å². The molecule has 0 radical (unpaired) electrons. The van der Waals surface area contributed by atoms with Crippen LogP contribution in [0.15, 0.2) is 41.2 Å². The van der Waals surface area contributed by atoms with Gasteiger partial charge in [-0.2, -0.15) is 0 Å².